The van der Waals surface area contributed by atoms with Crippen LogP contribution in [0, 0.1) is 0 Å². The maximum atomic E-state index is 11.3. The molecule has 2 aliphatic rings. The molecular formula is C16H18N2OS. The average Bonchev–Trinajstić information content (AvgIpc) is 3.04. The molecule has 4 rings (SSSR count). The van der Waals surface area contributed by atoms with E-state index in [0.717, 1.165) is 49.3 Å². The van der Waals surface area contributed by atoms with Crippen LogP contribution in [0.15, 0.2) is 23.7 Å². The summed E-state index contributed by atoms with van der Waals surface area (Å²) in [7, 11) is 0. The molecule has 1 unspecified atom stereocenters. The first-order chi connectivity index (χ1) is 9.79. The molecule has 4 heteroatoms. The summed E-state index contributed by atoms with van der Waals surface area (Å²) in [6.45, 7) is 2.03. The second-order valence-corrected chi connectivity index (χ2v) is 6.58. The van der Waals surface area contributed by atoms with Crippen LogP contribution in [0.25, 0.3) is 0 Å². The molecule has 1 aliphatic heterocycles. The maximum absolute atomic E-state index is 11.3. The van der Waals surface area contributed by atoms with Crippen molar-refractivity contribution < 1.29 is 5.11 Å². The molecule has 0 fully saturated rings. The molecule has 0 bridgehead atoms. The minimum absolute atomic E-state index is 0.764. The summed E-state index contributed by atoms with van der Waals surface area (Å²) >= 11 is 1.56. The molecule has 104 valence electrons. The lowest BCUT2D eigenvalue weighted by Crippen LogP contribution is -2.26. The molecule has 0 radical (unpaired) electrons. The summed E-state index contributed by atoms with van der Waals surface area (Å²) < 4.78 is 0. The molecule has 0 spiro atoms. The highest BCUT2D eigenvalue weighted by Gasteiger charge is 2.42. The number of aryl methyl sites for hydroxylation is 1. The molecule has 1 aromatic heterocycles. The van der Waals surface area contributed by atoms with E-state index in [1.54, 1.807) is 17.5 Å². The van der Waals surface area contributed by atoms with E-state index in [1.807, 2.05) is 5.38 Å². The SMILES string of the molecule is OC1(c2nccs2)CCc2ccc3c(c21)CCNCC3. The van der Waals surface area contributed by atoms with Gasteiger partial charge in [-0.05, 0) is 61.0 Å². The van der Waals surface area contributed by atoms with E-state index in [9.17, 15) is 5.11 Å². The largest absolute Gasteiger partial charge is 0.378 e. The fraction of sp³-hybridized carbons (Fsp3) is 0.438. The fourth-order valence-electron chi connectivity index (χ4n) is 3.63. The zero-order valence-electron chi connectivity index (χ0n) is 11.4. The molecule has 1 atom stereocenters. The topological polar surface area (TPSA) is 45.2 Å². The van der Waals surface area contributed by atoms with Gasteiger partial charge in [0.1, 0.15) is 10.6 Å². The fourth-order valence-corrected chi connectivity index (χ4v) is 4.40. The van der Waals surface area contributed by atoms with Gasteiger partial charge in [-0.15, -0.1) is 11.3 Å². The molecule has 3 nitrogen and oxygen atoms in total. The lowest BCUT2D eigenvalue weighted by Gasteiger charge is -2.25. The Balaban J connectivity index is 1.92. The highest BCUT2D eigenvalue weighted by atomic mass is 32.1. The summed E-state index contributed by atoms with van der Waals surface area (Å²) in [5.74, 6) is 0. The summed E-state index contributed by atoms with van der Waals surface area (Å²) in [5, 5.41) is 17.5. The van der Waals surface area contributed by atoms with Crippen molar-refractivity contribution in [2.75, 3.05) is 13.1 Å². The number of fused-ring (bicyclic) bond motifs is 3. The number of hydrogen-bond acceptors (Lipinski definition) is 4. The van der Waals surface area contributed by atoms with Gasteiger partial charge in [-0.3, -0.25) is 0 Å². The van der Waals surface area contributed by atoms with Gasteiger partial charge in [0.2, 0.25) is 0 Å². The highest BCUT2D eigenvalue weighted by Crippen LogP contribution is 2.45. The van der Waals surface area contributed by atoms with Gasteiger partial charge >= 0.3 is 0 Å². The minimum Gasteiger partial charge on any atom is -0.378 e. The number of rotatable bonds is 1. The van der Waals surface area contributed by atoms with E-state index in [-0.39, 0.29) is 0 Å². The van der Waals surface area contributed by atoms with Crippen molar-refractivity contribution in [2.24, 2.45) is 0 Å². The number of nitrogens with zero attached hydrogens (tertiary/aromatic N) is 1. The number of aliphatic hydroxyl groups is 1. The van der Waals surface area contributed by atoms with Gasteiger partial charge in [0.25, 0.3) is 0 Å². The van der Waals surface area contributed by atoms with Gasteiger partial charge in [0, 0.05) is 11.6 Å². The van der Waals surface area contributed by atoms with Crippen LogP contribution in [-0.4, -0.2) is 23.2 Å². The van der Waals surface area contributed by atoms with Gasteiger partial charge in [-0.2, -0.15) is 0 Å². The molecule has 2 N–H and O–H groups in total. The average molecular weight is 286 g/mol. The molecule has 1 aromatic carbocycles. The Morgan fingerprint density at radius 1 is 1.15 bits per heavy atom. The van der Waals surface area contributed by atoms with Crippen LogP contribution in [0.5, 0.6) is 0 Å². The molecule has 0 saturated heterocycles. The standard InChI is InChI=1S/C16H18N2OS/c19-16(15-18-9-10-20-15)6-3-12-2-1-11-4-7-17-8-5-13(11)14(12)16/h1-2,9-10,17,19H,3-8H2. The van der Waals surface area contributed by atoms with Gasteiger partial charge in [-0.1, -0.05) is 12.1 Å². The Morgan fingerprint density at radius 2 is 2.00 bits per heavy atom. The molecule has 0 amide bonds. The third-order valence-corrected chi connectivity index (χ3v) is 5.50. The molecule has 1 aliphatic carbocycles. The lowest BCUT2D eigenvalue weighted by molar-refractivity contribution is 0.0817. The predicted octanol–water partition coefficient (Wildman–Crippen LogP) is 2.01. The van der Waals surface area contributed by atoms with Gasteiger partial charge in [0.15, 0.2) is 0 Å². The first kappa shape index (κ1) is 12.5. The Morgan fingerprint density at radius 3 is 2.85 bits per heavy atom. The van der Waals surface area contributed by atoms with Crippen LogP contribution in [-0.2, 0) is 24.9 Å². The van der Waals surface area contributed by atoms with Gasteiger partial charge < -0.3 is 10.4 Å². The van der Waals surface area contributed by atoms with Crippen molar-refractivity contribution in [1.82, 2.24) is 10.3 Å². The second-order valence-electron chi connectivity index (χ2n) is 5.68. The van der Waals surface area contributed by atoms with Crippen molar-refractivity contribution in [2.45, 2.75) is 31.3 Å². The molecular weight excluding hydrogens is 268 g/mol. The first-order valence-corrected chi connectivity index (χ1v) is 8.14. The Labute approximate surface area is 122 Å². The van der Waals surface area contributed by atoms with E-state index in [0.29, 0.717) is 0 Å². The van der Waals surface area contributed by atoms with Crippen molar-refractivity contribution in [1.29, 1.82) is 0 Å². The van der Waals surface area contributed by atoms with Crippen LogP contribution in [0.4, 0.5) is 0 Å². The summed E-state index contributed by atoms with van der Waals surface area (Å²) in [5.41, 5.74) is 4.37. The Hall–Kier alpha value is -1.23. The quantitative estimate of drug-likeness (QED) is 0.843. The Kier molecular flexibility index (Phi) is 2.91. The maximum Gasteiger partial charge on any atom is 0.142 e. The zero-order valence-corrected chi connectivity index (χ0v) is 12.2. The molecule has 20 heavy (non-hydrogen) atoms. The van der Waals surface area contributed by atoms with E-state index in [4.69, 9.17) is 0 Å². The molecule has 0 saturated carbocycles. The van der Waals surface area contributed by atoms with Crippen LogP contribution in [0.3, 0.4) is 0 Å². The molecule has 2 heterocycles. The number of benzene rings is 1. The van der Waals surface area contributed by atoms with Crippen LogP contribution in [0.1, 0.15) is 33.7 Å². The third kappa shape index (κ3) is 1.75. The normalized spacial score (nSPS) is 25.1. The second kappa shape index (κ2) is 4.65. The summed E-state index contributed by atoms with van der Waals surface area (Å²) in [4.78, 5) is 4.39. The predicted molar refractivity (Wildman–Crippen MR) is 80.2 cm³/mol. The van der Waals surface area contributed by atoms with Gasteiger partial charge in [-0.25, -0.2) is 4.98 Å². The van der Waals surface area contributed by atoms with E-state index < -0.39 is 5.60 Å². The summed E-state index contributed by atoms with van der Waals surface area (Å²) in [6.07, 6.45) is 5.56. The van der Waals surface area contributed by atoms with Crippen LogP contribution < -0.4 is 5.32 Å². The summed E-state index contributed by atoms with van der Waals surface area (Å²) in [6, 6.07) is 4.47. The third-order valence-electron chi connectivity index (χ3n) is 4.57. The number of nitrogens with one attached hydrogen (secondary N) is 1. The highest BCUT2D eigenvalue weighted by molar-refractivity contribution is 7.09. The van der Waals surface area contributed by atoms with Crippen LogP contribution >= 0.6 is 11.3 Å². The zero-order chi connectivity index (χ0) is 13.6. The monoisotopic (exact) mass is 286 g/mol. The van der Waals surface area contributed by atoms with Crippen LogP contribution in [0.2, 0.25) is 0 Å². The lowest BCUT2D eigenvalue weighted by atomic mass is 9.87. The van der Waals surface area contributed by atoms with Crippen molar-refractivity contribution >= 4 is 11.3 Å². The minimum atomic E-state index is -0.862. The Bertz CT molecular complexity index is 638. The molecule has 2 aromatic rings. The van der Waals surface area contributed by atoms with Crippen molar-refractivity contribution in [3.63, 3.8) is 0 Å². The number of hydrogen-bond donors (Lipinski definition) is 2. The van der Waals surface area contributed by atoms with Crippen molar-refractivity contribution in [3.8, 4) is 0 Å². The van der Waals surface area contributed by atoms with Crippen molar-refractivity contribution in [3.05, 3.63) is 51.0 Å². The van der Waals surface area contributed by atoms with E-state index >= 15 is 0 Å². The van der Waals surface area contributed by atoms with E-state index in [1.165, 1.54) is 16.7 Å². The number of thiazole rings is 1. The van der Waals surface area contributed by atoms with E-state index in [2.05, 4.69) is 22.4 Å². The van der Waals surface area contributed by atoms with Gasteiger partial charge in [0.05, 0.1) is 0 Å². The smallest absolute Gasteiger partial charge is 0.142 e. The number of aromatic nitrogens is 1. The first-order valence-electron chi connectivity index (χ1n) is 7.26.